The molecule has 35 heavy (non-hydrogen) atoms. The second-order valence-corrected chi connectivity index (χ2v) is 10.6. The van der Waals surface area contributed by atoms with E-state index in [-0.39, 0.29) is 23.6 Å². The molecule has 0 saturated carbocycles. The summed E-state index contributed by atoms with van der Waals surface area (Å²) in [5.41, 5.74) is 3.61. The fourth-order valence-electron chi connectivity index (χ4n) is 3.87. The van der Waals surface area contributed by atoms with Crippen LogP contribution in [0, 0.1) is 0 Å². The van der Waals surface area contributed by atoms with Crippen molar-refractivity contribution in [3.05, 3.63) is 66.4 Å². The van der Waals surface area contributed by atoms with Crippen molar-refractivity contribution in [1.29, 1.82) is 0 Å². The molecule has 0 radical (unpaired) electrons. The molecule has 2 aromatic carbocycles. The zero-order valence-electron chi connectivity index (χ0n) is 19.9. The lowest BCUT2D eigenvalue weighted by Crippen LogP contribution is -2.25. The number of nitrogens with one attached hydrogen (secondary N) is 2. The van der Waals surface area contributed by atoms with Gasteiger partial charge in [0.2, 0.25) is 0 Å². The third kappa shape index (κ3) is 6.25. The molecule has 0 amide bonds. The van der Waals surface area contributed by atoms with Crippen molar-refractivity contribution in [3.63, 3.8) is 0 Å². The molecule has 1 unspecified atom stereocenters. The first kappa shape index (κ1) is 24.8. The molecular weight excluding hydrogens is 468 g/mol. The first-order valence-corrected chi connectivity index (χ1v) is 13.2. The van der Waals surface area contributed by atoms with E-state index in [0.29, 0.717) is 23.9 Å². The van der Waals surface area contributed by atoms with Crippen LogP contribution in [0.5, 0.6) is 17.2 Å². The van der Waals surface area contributed by atoms with Gasteiger partial charge in [0.05, 0.1) is 35.5 Å². The number of rotatable bonds is 10. The molecule has 0 aliphatic carbocycles. The highest BCUT2D eigenvalue weighted by Gasteiger charge is 2.18. The fraction of sp³-hybridized carbons (Fsp3) is 0.308. The number of aliphatic hydroxyl groups is 1. The maximum Gasteiger partial charge on any atom is 0.175 e. The molecule has 9 heteroatoms. The second kappa shape index (κ2) is 10.6. The highest BCUT2D eigenvalue weighted by atomic mass is 32.2. The first-order valence-electron chi connectivity index (χ1n) is 11.3. The van der Waals surface area contributed by atoms with Gasteiger partial charge in [0.25, 0.3) is 0 Å². The van der Waals surface area contributed by atoms with Crippen molar-refractivity contribution in [2.45, 2.75) is 30.4 Å². The summed E-state index contributed by atoms with van der Waals surface area (Å²) in [5.74, 6) is 1.67. The molecule has 3 aromatic rings. The van der Waals surface area contributed by atoms with E-state index < -0.39 is 9.84 Å². The Morgan fingerprint density at radius 2 is 1.74 bits per heavy atom. The number of hydrogen-bond acceptors (Lipinski definition) is 7. The minimum absolute atomic E-state index is 0.0323. The Kier molecular flexibility index (Phi) is 7.49. The number of methoxy groups -OCH3 is 1. The molecule has 2 heterocycles. The summed E-state index contributed by atoms with van der Waals surface area (Å²) in [4.78, 5) is 3.65. The molecule has 1 aliphatic heterocycles. The third-order valence-electron chi connectivity index (χ3n) is 5.58. The number of sulfone groups is 1. The summed E-state index contributed by atoms with van der Waals surface area (Å²) in [6, 6.07) is 15.9. The van der Waals surface area contributed by atoms with Crippen molar-refractivity contribution in [2.24, 2.45) is 0 Å². The molecule has 3 N–H and O–H groups in total. The molecule has 8 nitrogen and oxygen atoms in total. The predicted octanol–water partition coefficient (Wildman–Crippen LogP) is 3.99. The fourth-order valence-corrected chi connectivity index (χ4v) is 4.50. The first-order chi connectivity index (χ1) is 16.7. The van der Waals surface area contributed by atoms with Gasteiger partial charge in [-0.05, 0) is 61.9 Å². The van der Waals surface area contributed by atoms with E-state index in [1.165, 1.54) is 18.4 Å². The van der Waals surface area contributed by atoms with Crippen LogP contribution in [-0.4, -0.2) is 57.2 Å². The van der Waals surface area contributed by atoms with E-state index in [0.717, 1.165) is 29.1 Å². The maximum atomic E-state index is 11.7. The van der Waals surface area contributed by atoms with Crippen LogP contribution in [0.25, 0.3) is 17.0 Å². The highest BCUT2D eigenvalue weighted by molar-refractivity contribution is 7.90. The lowest BCUT2D eigenvalue weighted by Gasteiger charge is -2.16. The molecular formula is C26H30N2O6S. The Morgan fingerprint density at radius 1 is 1.03 bits per heavy atom. The van der Waals surface area contributed by atoms with Crippen LogP contribution in [0.3, 0.4) is 0 Å². The van der Waals surface area contributed by atoms with E-state index >= 15 is 0 Å². The SMILES string of the molecule is COC[C@H](C)Oc1cc(Oc2ccc(S(C)(=O)=O)cc2)cc(-c2ccc(C3=CCC(CO)N3)[nH]2)c1. The number of ether oxygens (including phenoxy) is 3. The second-order valence-electron chi connectivity index (χ2n) is 8.59. The van der Waals surface area contributed by atoms with Gasteiger partial charge in [-0.15, -0.1) is 0 Å². The topological polar surface area (TPSA) is 110 Å². The van der Waals surface area contributed by atoms with Gasteiger partial charge in [-0.3, -0.25) is 0 Å². The average Bonchev–Trinajstić information content (AvgIpc) is 3.48. The Morgan fingerprint density at radius 3 is 2.40 bits per heavy atom. The number of aromatic amines is 1. The lowest BCUT2D eigenvalue weighted by atomic mass is 10.1. The molecule has 0 bridgehead atoms. The summed E-state index contributed by atoms with van der Waals surface area (Å²) < 4.78 is 40.8. The lowest BCUT2D eigenvalue weighted by molar-refractivity contribution is 0.0920. The summed E-state index contributed by atoms with van der Waals surface area (Å²) in [6.45, 7) is 2.44. The monoisotopic (exact) mass is 498 g/mol. The van der Waals surface area contributed by atoms with Crippen molar-refractivity contribution in [3.8, 4) is 28.5 Å². The highest BCUT2D eigenvalue weighted by Crippen LogP contribution is 2.34. The Balaban J connectivity index is 1.62. The number of benzene rings is 2. The van der Waals surface area contributed by atoms with Gasteiger partial charge in [-0.1, -0.05) is 6.08 Å². The summed E-state index contributed by atoms with van der Waals surface area (Å²) in [7, 11) is -1.66. The van der Waals surface area contributed by atoms with Crippen molar-refractivity contribution in [1.82, 2.24) is 10.3 Å². The van der Waals surface area contributed by atoms with Crippen LogP contribution in [0.15, 0.2) is 65.6 Å². The molecule has 2 atom stereocenters. The standard InChI is InChI=1S/C26H30N2O6S/c1-17(16-32-2)33-21-12-18(24-10-11-26(28-24)25-9-4-19(15-29)27-25)13-22(14-21)34-20-5-7-23(8-6-20)35(3,30)31/h5-14,17,19,27-29H,4,15-16H2,1-3H3/t17-,19?/m0/s1. The zero-order chi connectivity index (χ0) is 25.0. The van der Waals surface area contributed by atoms with Crippen molar-refractivity contribution < 1.29 is 27.7 Å². The molecule has 0 saturated heterocycles. The van der Waals surface area contributed by atoms with E-state index in [4.69, 9.17) is 14.2 Å². The van der Waals surface area contributed by atoms with Gasteiger partial charge >= 0.3 is 0 Å². The van der Waals surface area contributed by atoms with Crippen molar-refractivity contribution in [2.75, 3.05) is 26.6 Å². The number of H-pyrrole nitrogens is 1. The molecule has 0 spiro atoms. The zero-order valence-corrected chi connectivity index (χ0v) is 20.8. The Bertz CT molecular complexity index is 1300. The van der Waals surface area contributed by atoms with Crippen LogP contribution in [0.1, 0.15) is 19.0 Å². The minimum Gasteiger partial charge on any atom is -0.488 e. The van der Waals surface area contributed by atoms with Crippen LogP contribution < -0.4 is 14.8 Å². The van der Waals surface area contributed by atoms with Gasteiger partial charge in [0, 0.05) is 30.7 Å². The number of hydrogen-bond donors (Lipinski definition) is 3. The number of aromatic nitrogens is 1. The van der Waals surface area contributed by atoms with Gasteiger partial charge in [0.15, 0.2) is 9.84 Å². The largest absolute Gasteiger partial charge is 0.488 e. The van der Waals surface area contributed by atoms with Gasteiger partial charge in [-0.2, -0.15) is 0 Å². The van der Waals surface area contributed by atoms with Crippen LogP contribution >= 0.6 is 0 Å². The average molecular weight is 499 g/mol. The van der Waals surface area contributed by atoms with E-state index in [1.807, 2.05) is 31.2 Å². The van der Waals surface area contributed by atoms with Crippen molar-refractivity contribution >= 4 is 15.5 Å². The molecule has 1 aliphatic rings. The Labute approximate surface area is 205 Å². The van der Waals surface area contributed by atoms with Crippen LogP contribution in [0.4, 0.5) is 0 Å². The molecule has 186 valence electrons. The van der Waals surface area contributed by atoms with Crippen LogP contribution in [-0.2, 0) is 14.6 Å². The van der Waals surface area contributed by atoms with E-state index in [2.05, 4.69) is 16.4 Å². The summed E-state index contributed by atoms with van der Waals surface area (Å²) >= 11 is 0. The number of aliphatic hydroxyl groups excluding tert-OH is 1. The van der Waals surface area contributed by atoms with E-state index in [1.54, 1.807) is 25.3 Å². The quantitative estimate of drug-likeness (QED) is 0.388. The minimum atomic E-state index is -3.29. The predicted molar refractivity (Wildman–Crippen MR) is 134 cm³/mol. The van der Waals surface area contributed by atoms with Gasteiger partial charge in [0.1, 0.15) is 23.4 Å². The molecule has 1 aromatic heterocycles. The maximum absolute atomic E-state index is 11.7. The van der Waals surface area contributed by atoms with E-state index in [9.17, 15) is 13.5 Å². The smallest absolute Gasteiger partial charge is 0.175 e. The Hall–Kier alpha value is -3.27. The van der Waals surface area contributed by atoms with Crippen LogP contribution in [0.2, 0.25) is 0 Å². The third-order valence-corrected chi connectivity index (χ3v) is 6.71. The molecule has 0 fully saturated rings. The molecule has 4 rings (SSSR count). The summed E-state index contributed by atoms with van der Waals surface area (Å²) in [5, 5.41) is 12.7. The normalized spacial score (nSPS) is 16.5. The van der Waals surface area contributed by atoms with Gasteiger partial charge < -0.3 is 29.6 Å². The van der Waals surface area contributed by atoms with Gasteiger partial charge in [-0.25, -0.2) is 8.42 Å². The summed E-state index contributed by atoms with van der Waals surface area (Å²) in [6.07, 6.45) is 3.84.